The highest BCUT2D eigenvalue weighted by atomic mass is 16.5. The summed E-state index contributed by atoms with van der Waals surface area (Å²) < 4.78 is 5.85. The molecule has 0 N–H and O–H groups in total. The predicted molar refractivity (Wildman–Crippen MR) is 87.1 cm³/mol. The van der Waals surface area contributed by atoms with E-state index in [4.69, 9.17) is 4.74 Å². The van der Waals surface area contributed by atoms with Crippen LogP contribution < -0.4 is 0 Å². The maximum atomic E-state index is 12.1. The highest BCUT2D eigenvalue weighted by molar-refractivity contribution is 5.86. The van der Waals surface area contributed by atoms with Crippen molar-refractivity contribution in [2.24, 2.45) is 22.7 Å². The van der Waals surface area contributed by atoms with E-state index in [2.05, 4.69) is 39.8 Å². The van der Waals surface area contributed by atoms with Crippen LogP contribution in [0.1, 0.15) is 53.4 Å². The zero-order valence-electron chi connectivity index (χ0n) is 14.1. The molecule has 0 aromatic carbocycles. The van der Waals surface area contributed by atoms with Crippen LogP contribution in [0.25, 0.3) is 0 Å². The molecule has 118 valence electrons. The molecule has 0 radical (unpaired) electrons. The second-order valence-corrected chi connectivity index (χ2v) is 8.22. The number of fused-ring (bicyclic) bond motifs is 2. The normalized spacial score (nSPS) is 46.6. The lowest BCUT2D eigenvalue weighted by atomic mass is 9.43. The van der Waals surface area contributed by atoms with E-state index in [0.29, 0.717) is 17.3 Å². The molecule has 0 spiro atoms. The van der Waals surface area contributed by atoms with Crippen molar-refractivity contribution >= 4 is 5.97 Å². The summed E-state index contributed by atoms with van der Waals surface area (Å²) in [6.07, 6.45) is 11.1. The van der Waals surface area contributed by atoms with E-state index in [1.807, 2.05) is 0 Å². The molecule has 1 fully saturated rings. The minimum absolute atomic E-state index is 0.00435. The largest absolute Gasteiger partial charge is 0.458 e. The number of hydrogen-bond donors (Lipinski definition) is 0. The topological polar surface area (TPSA) is 26.3 Å². The number of hydrogen-bond acceptors (Lipinski definition) is 2. The van der Waals surface area contributed by atoms with Crippen molar-refractivity contribution in [3.05, 3.63) is 34.9 Å². The van der Waals surface area contributed by atoms with Gasteiger partial charge in [0, 0.05) is 11.5 Å². The Kier molecular flexibility index (Phi) is 2.84. The number of carbonyl (C=O) groups is 1. The number of ether oxygens (including phenoxy) is 1. The van der Waals surface area contributed by atoms with E-state index >= 15 is 0 Å². The van der Waals surface area contributed by atoms with Gasteiger partial charge in [0.05, 0.1) is 0 Å². The summed E-state index contributed by atoms with van der Waals surface area (Å²) in [5.74, 6) is 0.977. The van der Waals surface area contributed by atoms with Gasteiger partial charge in [0.15, 0.2) is 0 Å². The fourth-order valence-electron chi connectivity index (χ4n) is 6.12. The molecule has 4 aliphatic rings. The van der Waals surface area contributed by atoms with Gasteiger partial charge in [-0.25, -0.2) is 4.79 Å². The molecule has 1 heterocycles. The Bertz CT molecular complexity index is 638. The minimum Gasteiger partial charge on any atom is -0.458 e. The molecule has 1 saturated carbocycles. The Labute approximate surface area is 133 Å². The van der Waals surface area contributed by atoms with Crippen molar-refractivity contribution in [2.75, 3.05) is 0 Å². The Balaban J connectivity index is 1.91. The van der Waals surface area contributed by atoms with Crippen LogP contribution >= 0.6 is 0 Å². The molecule has 0 saturated heterocycles. The summed E-state index contributed by atoms with van der Waals surface area (Å²) in [5.41, 5.74) is 4.36. The predicted octanol–water partition coefficient (Wildman–Crippen LogP) is 4.58. The van der Waals surface area contributed by atoms with Gasteiger partial charge in [-0.1, -0.05) is 37.1 Å². The molecular formula is C20H26O2. The summed E-state index contributed by atoms with van der Waals surface area (Å²) in [6.45, 7) is 9.27. The summed E-state index contributed by atoms with van der Waals surface area (Å²) in [4.78, 5) is 12.1. The van der Waals surface area contributed by atoms with Crippen LogP contribution in [-0.4, -0.2) is 12.1 Å². The number of rotatable bonds is 0. The molecule has 4 rings (SSSR count). The second kappa shape index (κ2) is 4.37. The van der Waals surface area contributed by atoms with Crippen LogP contribution in [0.4, 0.5) is 0 Å². The number of carbonyl (C=O) groups excluding carboxylic acids is 1. The van der Waals surface area contributed by atoms with Crippen LogP contribution in [0.2, 0.25) is 0 Å². The van der Waals surface area contributed by atoms with Gasteiger partial charge in [0.2, 0.25) is 0 Å². The smallest absolute Gasteiger partial charge is 0.331 e. The van der Waals surface area contributed by atoms with Crippen LogP contribution in [0, 0.1) is 22.7 Å². The molecule has 0 aromatic rings. The van der Waals surface area contributed by atoms with Crippen molar-refractivity contribution in [3.8, 4) is 0 Å². The van der Waals surface area contributed by atoms with Gasteiger partial charge in [0.1, 0.15) is 6.10 Å². The first-order valence-corrected chi connectivity index (χ1v) is 8.64. The Morgan fingerprint density at radius 1 is 1.23 bits per heavy atom. The Morgan fingerprint density at radius 2 is 2.00 bits per heavy atom. The van der Waals surface area contributed by atoms with Crippen LogP contribution in [0.15, 0.2) is 34.9 Å². The van der Waals surface area contributed by atoms with Crippen LogP contribution in [-0.2, 0) is 9.53 Å². The summed E-state index contributed by atoms with van der Waals surface area (Å²) in [5, 5.41) is 0. The highest BCUT2D eigenvalue weighted by Gasteiger charge is 2.62. The molecule has 0 bridgehead atoms. The van der Waals surface area contributed by atoms with E-state index in [1.54, 1.807) is 6.08 Å². The second-order valence-electron chi connectivity index (χ2n) is 8.22. The molecule has 0 aromatic heterocycles. The van der Waals surface area contributed by atoms with Gasteiger partial charge in [-0.3, -0.25) is 0 Å². The zero-order valence-corrected chi connectivity index (χ0v) is 14.1. The zero-order chi connectivity index (χ0) is 15.7. The molecule has 3 aliphatic carbocycles. The highest BCUT2D eigenvalue weighted by Crippen LogP contribution is 2.66. The van der Waals surface area contributed by atoms with Crippen molar-refractivity contribution in [1.82, 2.24) is 0 Å². The van der Waals surface area contributed by atoms with Crippen molar-refractivity contribution in [2.45, 2.75) is 59.5 Å². The van der Waals surface area contributed by atoms with Crippen LogP contribution in [0.5, 0.6) is 0 Å². The third-order valence-corrected chi connectivity index (χ3v) is 7.32. The first-order valence-electron chi connectivity index (χ1n) is 8.64. The van der Waals surface area contributed by atoms with Crippen LogP contribution in [0.3, 0.4) is 0 Å². The third kappa shape index (κ3) is 1.59. The first kappa shape index (κ1) is 14.3. The van der Waals surface area contributed by atoms with E-state index in [0.717, 1.165) is 12.8 Å². The lowest BCUT2D eigenvalue weighted by molar-refractivity contribution is -0.174. The molecule has 2 nitrogen and oxygen atoms in total. The van der Waals surface area contributed by atoms with E-state index < -0.39 is 0 Å². The van der Waals surface area contributed by atoms with Gasteiger partial charge in [-0.15, -0.1) is 0 Å². The molecule has 2 heteroatoms. The van der Waals surface area contributed by atoms with Gasteiger partial charge < -0.3 is 4.74 Å². The van der Waals surface area contributed by atoms with Gasteiger partial charge >= 0.3 is 5.97 Å². The Morgan fingerprint density at radius 3 is 2.77 bits per heavy atom. The van der Waals surface area contributed by atoms with Crippen molar-refractivity contribution in [3.63, 3.8) is 0 Å². The average Bonchev–Trinajstić information content (AvgIpc) is 2.44. The lowest BCUT2D eigenvalue weighted by Gasteiger charge is -2.63. The maximum Gasteiger partial charge on any atom is 0.331 e. The summed E-state index contributed by atoms with van der Waals surface area (Å²) in [6, 6.07) is 0. The van der Waals surface area contributed by atoms with Gasteiger partial charge in [-0.2, -0.15) is 0 Å². The Hall–Kier alpha value is -1.31. The van der Waals surface area contributed by atoms with E-state index in [-0.39, 0.29) is 17.5 Å². The minimum atomic E-state index is -0.146. The van der Waals surface area contributed by atoms with E-state index in [9.17, 15) is 4.79 Å². The quantitative estimate of drug-likeness (QED) is 0.483. The molecular weight excluding hydrogens is 272 g/mol. The summed E-state index contributed by atoms with van der Waals surface area (Å²) >= 11 is 0. The summed E-state index contributed by atoms with van der Waals surface area (Å²) in [7, 11) is 0. The fourth-order valence-corrected chi connectivity index (χ4v) is 6.12. The average molecular weight is 298 g/mol. The molecule has 1 aliphatic heterocycles. The monoisotopic (exact) mass is 298 g/mol. The molecule has 0 unspecified atom stereocenters. The number of allylic oxidation sites excluding steroid dienone is 4. The molecule has 22 heavy (non-hydrogen) atoms. The lowest BCUT2D eigenvalue weighted by Crippen LogP contribution is -2.60. The standard InChI is InChI=1S/C20H26O2/c1-12-6-5-9-19(3)14(12)10-17-20(4)15(11-18(21)22-17)13(2)7-8-16(19)20/h6-7,11,14,16-17H,5,8-10H2,1-4H3/t14-,16+,17+,19-,20-/m0/s1. The SMILES string of the molecule is CC1=CC[C@@H]2[C@@]3(C)CCC=C(C)[C@@H]3C[C@H]3OC(=O)C=C1[C@@]23C. The molecule has 0 amide bonds. The van der Waals surface area contributed by atoms with Gasteiger partial charge in [0.25, 0.3) is 0 Å². The van der Waals surface area contributed by atoms with Crippen molar-refractivity contribution in [1.29, 1.82) is 0 Å². The maximum absolute atomic E-state index is 12.1. The molecule has 5 atom stereocenters. The van der Waals surface area contributed by atoms with Crippen molar-refractivity contribution < 1.29 is 9.53 Å². The third-order valence-electron chi connectivity index (χ3n) is 7.32. The first-order chi connectivity index (χ1) is 10.4. The number of esters is 1. The fraction of sp³-hybridized carbons (Fsp3) is 0.650. The van der Waals surface area contributed by atoms with Gasteiger partial charge in [-0.05, 0) is 62.4 Å². The van der Waals surface area contributed by atoms with E-state index in [1.165, 1.54) is 29.6 Å².